The lowest BCUT2D eigenvalue weighted by molar-refractivity contribution is -0.384. The molecule has 0 aliphatic carbocycles. The molecule has 0 unspecified atom stereocenters. The Morgan fingerprint density at radius 1 is 1.58 bits per heavy atom. The van der Waals surface area contributed by atoms with Gasteiger partial charge in [0.15, 0.2) is 0 Å². The molecular weight excluding hydrogens is 156 g/mol. The highest BCUT2D eigenvalue weighted by Crippen LogP contribution is 2.15. The molecule has 0 fully saturated rings. The summed E-state index contributed by atoms with van der Waals surface area (Å²) in [6, 6.07) is 5.83. The minimum Gasteiger partial charge on any atom is -0.258 e. The van der Waals surface area contributed by atoms with Crippen LogP contribution < -0.4 is 0 Å². The largest absolute Gasteiger partial charge is 0.269 e. The third kappa shape index (κ3) is 1.40. The van der Waals surface area contributed by atoms with Gasteiger partial charge in [0.25, 0.3) is 5.69 Å². The molecule has 1 rings (SSSR count). The number of nitriles is 1. The Hall–Kier alpha value is -1.89. The van der Waals surface area contributed by atoms with Crippen LogP contribution in [0.1, 0.15) is 11.1 Å². The Morgan fingerprint density at radius 3 is 2.67 bits per heavy atom. The Morgan fingerprint density at radius 2 is 2.25 bits per heavy atom. The fraction of sp³-hybridized carbons (Fsp3) is 0. The lowest BCUT2D eigenvalue weighted by atomic mass is 10.1. The van der Waals surface area contributed by atoms with Crippen molar-refractivity contribution < 1.29 is 4.92 Å². The molecule has 0 atom stereocenters. The van der Waals surface area contributed by atoms with E-state index in [1.165, 1.54) is 18.2 Å². The second-order valence-electron chi connectivity index (χ2n) is 2.21. The van der Waals surface area contributed by atoms with Crippen LogP contribution >= 0.6 is 0 Å². The van der Waals surface area contributed by atoms with Gasteiger partial charge in [0.2, 0.25) is 0 Å². The van der Waals surface area contributed by atoms with E-state index in [0.29, 0.717) is 11.1 Å². The van der Waals surface area contributed by atoms with Crippen molar-refractivity contribution >= 4 is 5.69 Å². The van der Waals surface area contributed by atoms with Gasteiger partial charge in [-0.25, -0.2) is 0 Å². The van der Waals surface area contributed by atoms with Crippen LogP contribution in [0.25, 0.3) is 0 Å². The van der Waals surface area contributed by atoms with E-state index >= 15 is 0 Å². The maximum absolute atomic E-state index is 10.2. The van der Waals surface area contributed by atoms with Gasteiger partial charge in [-0.3, -0.25) is 10.1 Å². The molecule has 4 nitrogen and oxygen atoms in total. The number of nitro benzene ring substituents is 1. The summed E-state index contributed by atoms with van der Waals surface area (Å²) >= 11 is 0. The molecule has 1 aromatic rings. The van der Waals surface area contributed by atoms with Gasteiger partial charge in [-0.05, 0) is 18.6 Å². The summed E-state index contributed by atoms with van der Waals surface area (Å²) in [4.78, 5) is 9.73. The zero-order valence-electron chi connectivity index (χ0n) is 6.15. The predicted molar refractivity (Wildman–Crippen MR) is 42.3 cm³/mol. The predicted octanol–water partition coefficient (Wildman–Crippen LogP) is 1.65. The van der Waals surface area contributed by atoms with Crippen molar-refractivity contribution in [3.8, 4) is 6.07 Å². The van der Waals surface area contributed by atoms with Gasteiger partial charge in [0.05, 0.1) is 16.6 Å². The number of nitrogens with zero attached hydrogens (tertiary/aromatic N) is 2. The lowest BCUT2D eigenvalue weighted by Crippen LogP contribution is -1.89. The molecule has 0 aliphatic rings. The zero-order valence-corrected chi connectivity index (χ0v) is 6.15. The maximum atomic E-state index is 10.2. The molecule has 1 aromatic carbocycles. The van der Waals surface area contributed by atoms with Crippen LogP contribution in [0, 0.1) is 28.4 Å². The summed E-state index contributed by atoms with van der Waals surface area (Å²) in [5, 5.41) is 18.7. The molecule has 1 radical (unpaired) electrons. The van der Waals surface area contributed by atoms with Crippen LogP contribution in [-0.4, -0.2) is 4.92 Å². The minimum absolute atomic E-state index is 0.0426. The van der Waals surface area contributed by atoms with E-state index < -0.39 is 4.92 Å². The summed E-state index contributed by atoms with van der Waals surface area (Å²) in [6.45, 7) is 3.51. The average molecular weight is 161 g/mol. The first-order valence-electron chi connectivity index (χ1n) is 3.15. The van der Waals surface area contributed by atoms with E-state index in [1.54, 1.807) is 0 Å². The second-order valence-corrected chi connectivity index (χ2v) is 2.21. The van der Waals surface area contributed by atoms with Gasteiger partial charge in [-0.1, -0.05) is 0 Å². The molecule has 0 saturated carbocycles. The molecule has 0 aromatic heterocycles. The van der Waals surface area contributed by atoms with Crippen molar-refractivity contribution in [2.24, 2.45) is 0 Å². The third-order valence-electron chi connectivity index (χ3n) is 1.42. The van der Waals surface area contributed by atoms with Crippen LogP contribution in [0.5, 0.6) is 0 Å². The molecule has 0 aliphatic heterocycles. The van der Waals surface area contributed by atoms with E-state index in [-0.39, 0.29) is 5.69 Å². The summed E-state index contributed by atoms with van der Waals surface area (Å²) < 4.78 is 0. The zero-order chi connectivity index (χ0) is 9.14. The van der Waals surface area contributed by atoms with Crippen molar-refractivity contribution in [3.63, 3.8) is 0 Å². The molecular formula is C8H5N2O2. The highest BCUT2D eigenvalue weighted by Gasteiger charge is 2.06. The van der Waals surface area contributed by atoms with Gasteiger partial charge in [-0.15, -0.1) is 0 Å². The molecule has 4 heteroatoms. The highest BCUT2D eigenvalue weighted by atomic mass is 16.6. The van der Waals surface area contributed by atoms with Crippen molar-refractivity contribution in [3.05, 3.63) is 46.4 Å². The topological polar surface area (TPSA) is 66.9 Å². The van der Waals surface area contributed by atoms with E-state index in [2.05, 4.69) is 6.92 Å². The number of non-ortho nitro benzene ring substituents is 1. The number of nitro groups is 1. The van der Waals surface area contributed by atoms with Crippen LogP contribution in [-0.2, 0) is 0 Å². The summed E-state index contributed by atoms with van der Waals surface area (Å²) in [5.41, 5.74) is 0.700. The number of hydrogen-bond acceptors (Lipinski definition) is 3. The Bertz CT molecular complexity index is 366. The smallest absolute Gasteiger partial charge is 0.258 e. The van der Waals surface area contributed by atoms with Gasteiger partial charge >= 0.3 is 0 Å². The van der Waals surface area contributed by atoms with Crippen LogP contribution in [0.15, 0.2) is 18.2 Å². The van der Waals surface area contributed by atoms with Gasteiger partial charge in [-0.2, -0.15) is 5.26 Å². The molecule has 0 spiro atoms. The molecule has 0 N–H and O–H groups in total. The van der Waals surface area contributed by atoms with E-state index in [4.69, 9.17) is 5.26 Å². The van der Waals surface area contributed by atoms with Crippen molar-refractivity contribution in [2.75, 3.05) is 0 Å². The standard InChI is InChI=1S/C8H5N2O2/c1-6-4-8(10(11)12)3-2-7(6)5-9/h2-4H,1H2. The Labute approximate surface area is 69.2 Å². The molecule has 12 heavy (non-hydrogen) atoms. The molecule has 0 saturated heterocycles. The molecule has 59 valence electrons. The van der Waals surface area contributed by atoms with Crippen molar-refractivity contribution in [1.29, 1.82) is 5.26 Å². The third-order valence-corrected chi connectivity index (χ3v) is 1.42. The average Bonchev–Trinajstić information content (AvgIpc) is 2.04. The first kappa shape index (κ1) is 8.21. The highest BCUT2D eigenvalue weighted by molar-refractivity contribution is 5.46. The SMILES string of the molecule is [CH2]c1cc([N+](=O)[O-])ccc1C#N. The van der Waals surface area contributed by atoms with Gasteiger partial charge < -0.3 is 0 Å². The first-order chi connectivity index (χ1) is 5.65. The van der Waals surface area contributed by atoms with Gasteiger partial charge in [0.1, 0.15) is 0 Å². The number of rotatable bonds is 1. The maximum Gasteiger partial charge on any atom is 0.269 e. The number of benzene rings is 1. The second kappa shape index (κ2) is 3.01. The van der Waals surface area contributed by atoms with Crippen molar-refractivity contribution in [2.45, 2.75) is 0 Å². The van der Waals surface area contributed by atoms with E-state index in [9.17, 15) is 10.1 Å². The fourth-order valence-corrected chi connectivity index (χ4v) is 0.803. The normalized spacial score (nSPS) is 9.00. The summed E-state index contributed by atoms with van der Waals surface area (Å²) in [5.74, 6) is 0. The quantitative estimate of drug-likeness (QED) is 0.464. The molecule has 0 bridgehead atoms. The Kier molecular flexibility index (Phi) is 2.06. The van der Waals surface area contributed by atoms with Crippen LogP contribution in [0.3, 0.4) is 0 Å². The van der Waals surface area contributed by atoms with Crippen molar-refractivity contribution in [1.82, 2.24) is 0 Å². The fourth-order valence-electron chi connectivity index (χ4n) is 0.803. The Balaban J connectivity index is 3.21. The number of hydrogen-bond donors (Lipinski definition) is 0. The van der Waals surface area contributed by atoms with E-state index in [1.807, 2.05) is 6.07 Å². The first-order valence-corrected chi connectivity index (χ1v) is 3.15. The van der Waals surface area contributed by atoms with Gasteiger partial charge in [0, 0.05) is 12.1 Å². The summed E-state index contributed by atoms with van der Waals surface area (Å²) in [6.07, 6.45) is 0. The summed E-state index contributed by atoms with van der Waals surface area (Å²) in [7, 11) is 0. The lowest BCUT2D eigenvalue weighted by Gasteiger charge is -1.94. The molecule has 0 amide bonds. The van der Waals surface area contributed by atoms with Crippen LogP contribution in [0.4, 0.5) is 5.69 Å². The van der Waals surface area contributed by atoms with E-state index in [0.717, 1.165) is 0 Å². The van der Waals surface area contributed by atoms with Crippen LogP contribution in [0.2, 0.25) is 0 Å². The molecule has 0 heterocycles. The monoisotopic (exact) mass is 161 g/mol. The minimum atomic E-state index is -0.518.